The number of esters is 1. The van der Waals surface area contributed by atoms with Crippen LogP contribution >= 0.6 is 11.6 Å². The quantitative estimate of drug-likeness (QED) is 0.735. The first-order valence-electron chi connectivity index (χ1n) is 4.69. The second kappa shape index (κ2) is 5.29. The van der Waals surface area contributed by atoms with Gasteiger partial charge in [-0.2, -0.15) is 5.10 Å². The summed E-state index contributed by atoms with van der Waals surface area (Å²) in [6.07, 6.45) is -1.72. The fraction of sp³-hybridized carbons (Fsp3) is 0.556. The summed E-state index contributed by atoms with van der Waals surface area (Å²) in [5, 5.41) is 23.2. The molecule has 6 nitrogen and oxygen atoms in total. The van der Waals surface area contributed by atoms with Crippen LogP contribution in [0.5, 0.6) is 0 Å². The largest absolute Gasteiger partial charge is 0.464 e. The van der Waals surface area contributed by atoms with Gasteiger partial charge in [-0.1, -0.05) is 11.6 Å². The topological polar surface area (TPSA) is 84.6 Å². The second-order valence-corrected chi connectivity index (χ2v) is 3.58. The van der Waals surface area contributed by atoms with Gasteiger partial charge in [0.05, 0.1) is 11.6 Å². The van der Waals surface area contributed by atoms with Crippen LogP contribution in [0.15, 0.2) is 6.20 Å². The van der Waals surface area contributed by atoms with E-state index in [0.717, 1.165) is 0 Å². The van der Waals surface area contributed by atoms with E-state index in [1.807, 2.05) is 0 Å². The lowest BCUT2D eigenvalue weighted by Crippen LogP contribution is -2.30. The summed E-state index contributed by atoms with van der Waals surface area (Å²) in [6.45, 7) is 1.73. The molecule has 0 radical (unpaired) electrons. The molecule has 0 saturated carbocycles. The van der Waals surface area contributed by atoms with E-state index < -0.39 is 18.2 Å². The molecule has 0 aliphatic rings. The van der Waals surface area contributed by atoms with Gasteiger partial charge >= 0.3 is 5.97 Å². The smallest absolute Gasteiger partial charge is 0.338 e. The Labute approximate surface area is 97.4 Å². The van der Waals surface area contributed by atoms with Gasteiger partial charge in [0, 0.05) is 13.2 Å². The molecule has 1 rings (SSSR count). The van der Waals surface area contributed by atoms with Crippen LogP contribution in [-0.2, 0) is 16.6 Å². The summed E-state index contributed by atoms with van der Waals surface area (Å²) < 4.78 is 5.94. The molecule has 16 heavy (non-hydrogen) atoms. The molecule has 2 unspecified atom stereocenters. The Bertz CT molecular complexity index is 380. The van der Waals surface area contributed by atoms with Crippen LogP contribution in [0.25, 0.3) is 0 Å². The molecule has 2 N–H and O–H groups in total. The molecule has 90 valence electrons. The molecule has 0 spiro atoms. The predicted octanol–water partition coefficient (Wildman–Crippen LogP) is 0.0309. The first-order valence-corrected chi connectivity index (χ1v) is 5.07. The number of aromatic nitrogens is 2. The van der Waals surface area contributed by atoms with Crippen molar-refractivity contribution in [3.63, 3.8) is 0 Å². The minimum Gasteiger partial charge on any atom is -0.464 e. The number of hydrogen-bond donors (Lipinski definition) is 2. The van der Waals surface area contributed by atoms with Crippen molar-refractivity contribution in [2.24, 2.45) is 7.05 Å². The van der Waals surface area contributed by atoms with Crippen LogP contribution in [0.1, 0.15) is 18.7 Å². The van der Waals surface area contributed by atoms with Crippen molar-refractivity contribution in [2.45, 2.75) is 19.1 Å². The third-order valence-corrected chi connectivity index (χ3v) is 2.21. The number of hydrogen-bond acceptors (Lipinski definition) is 5. The normalized spacial score (nSPS) is 14.6. The van der Waals surface area contributed by atoms with Crippen LogP contribution in [0.4, 0.5) is 0 Å². The number of carbonyl (C=O) groups excluding carboxylic acids is 1. The molecule has 0 amide bonds. The van der Waals surface area contributed by atoms with E-state index in [-0.39, 0.29) is 17.3 Å². The van der Waals surface area contributed by atoms with E-state index in [9.17, 15) is 15.0 Å². The Balaban J connectivity index is 2.81. The van der Waals surface area contributed by atoms with Crippen molar-refractivity contribution in [2.75, 3.05) is 6.61 Å². The molecule has 1 aromatic rings. The number of ether oxygens (including phenoxy) is 1. The average Bonchev–Trinajstić information content (AvgIpc) is 2.56. The molecule has 0 bridgehead atoms. The number of aryl methyl sites for hydroxylation is 1. The van der Waals surface area contributed by atoms with Gasteiger partial charge in [-0.15, -0.1) is 0 Å². The molecule has 0 aliphatic carbocycles. The first-order chi connectivity index (χ1) is 7.47. The molecule has 7 heteroatoms. The van der Waals surface area contributed by atoms with Crippen LogP contribution in [0.3, 0.4) is 0 Å². The predicted molar refractivity (Wildman–Crippen MR) is 55.8 cm³/mol. The van der Waals surface area contributed by atoms with Gasteiger partial charge in [-0.3, -0.25) is 4.68 Å². The molecule has 2 atom stereocenters. The van der Waals surface area contributed by atoms with E-state index in [2.05, 4.69) is 9.84 Å². The third kappa shape index (κ3) is 2.72. The lowest BCUT2D eigenvalue weighted by Gasteiger charge is -2.14. The summed E-state index contributed by atoms with van der Waals surface area (Å²) in [7, 11) is 1.61. The minimum absolute atomic E-state index is 0.0460. The molecule has 0 saturated heterocycles. The second-order valence-electron chi connectivity index (χ2n) is 3.18. The summed E-state index contributed by atoms with van der Waals surface area (Å²) in [6, 6.07) is 0. The van der Waals surface area contributed by atoms with Crippen LogP contribution in [0.2, 0.25) is 5.02 Å². The minimum atomic E-state index is -1.69. The zero-order chi connectivity index (χ0) is 12.3. The number of aliphatic hydroxyl groups excluding tert-OH is 2. The van der Waals surface area contributed by atoms with Crippen LogP contribution < -0.4 is 0 Å². The number of rotatable bonds is 4. The Morgan fingerprint density at radius 3 is 2.75 bits per heavy atom. The number of carbonyl (C=O) groups is 1. The van der Waals surface area contributed by atoms with Gasteiger partial charge < -0.3 is 14.9 Å². The standard InChI is InChI=1S/C9H13ClN2O4/c1-3-16-9(15)8(14)7(13)6-5(10)4-12(2)11-6/h4,7-8,13-14H,3H2,1-2H3. The van der Waals surface area contributed by atoms with Gasteiger partial charge in [-0.05, 0) is 6.92 Å². The third-order valence-electron chi connectivity index (χ3n) is 1.92. The highest BCUT2D eigenvalue weighted by Gasteiger charge is 2.30. The highest BCUT2D eigenvalue weighted by molar-refractivity contribution is 6.31. The van der Waals surface area contributed by atoms with Crippen molar-refractivity contribution < 1.29 is 19.7 Å². The van der Waals surface area contributed by atoms with E-state index in [4.69, 9.17) is 11.6 Å². The molecule has 1 heterocycles. The highest BCUT2D eigenvalue weighted by Crippen LogP contribution is 2.23. The molecule has 0 aliphatic heterocycles. The highest BCUT2D eigenvalue weighted by atomic mass is 35.5. The molecule has 0 fully saturated rings. The van der Waals surface area contributed by atoms with Crippen molar-refractivity contribution in [1.29, 1.82) is 0 Å². The monoisotopic (exact) mass is 248 g/mol. The van der Waals surface area contributed by atoms with Gasteiger partial charge in [0.2, 0.25) is 0 Å². The van der Waals surface area contributed by atoms with E-state index in [1.54, 1.807) is 14.0 Å². The summed E-state index contributed by atoms with van der Waals surface area (Å²) in [4.78, 5) is 11.2. The zero-order valence-corrected chi connectivity index (χ0v) is 9.68. The number of halogens is 1. The van der Waals surface area contributed by atoms with Gasteiger partial charge in [0.1, 0.15) is 11.8 Å². The maximum atomic E-state index is 11.2. The SMILES string of the molecule is CCOC(=O)C(O)C(O)c1nn(C)cc1Cl. The molecule has 0 aromatic carbocycles. The van der Waals surface area contributed by atoms with Crippen molar-refractivity contribution in [3.8, 4) is 0 Å². The lowest BCUT2D eigenvalue weighted by molar-refractivity contribution is -0.159. The number of aliphatic hydroxyl groups is 2. The van der Waals surface area contributed by atoms with Gasteiger partial charge in [-0.25, -0.2) is 4.79 Å². The molecular formula is C9H13ClN2O4. The maximum absolute atomic E-state index is 11.2. The Hall–Kier alpha value is -1.11. The van der Waals surface area contributed by atoms with E-state index in [0.29, 0.717) is 0 Å². The maximum Gasteiger partial charge on any atom is 0.338 e. The fourth-order valence-corrected chi connectivity index (χ4v) is 1.47. The molecule has 1 aromatic heterocycles. The van der Waals surface area contributed by atoms with Crippen LogP contribution in [0, 0.1) is 0 Å². The Morgan fingerprint density at radius 2 is 2.31 bits per heavy atom. The summed E-state index contributed by atoms with van der Waals surface area (Å²) in [5.41, 5.74) is 0.0460. The van der Waals surface area contributed by atoms with Crippen molar-refractivity contribution >= 4 is 17.6 Å². The first kappa shape index (κ1) is 13.0. The van der Waals surface area contributed by atoms with E-state index in [1.165, 1.54) is 10.9 Å². The summed E-state index contributed by atoms with van der Waals surface area (Å²) >= 11 is 5.76. The zero-order valence-electron chi connectivity index (χ0n) is 8.92. The van der Waals surface area contributed by atoms with Crippen molar-refractivity contribution in [1.82, 2.24) is 9.78 Å². The van der Waals surface area contributed by atoms with Gasteiger partial charge in [0.25, 0.3) is 0 Å². The fourth-order valence-electron chi connectivity index (χ4n) is 1.18. The van der Waals surface area contributed by atoms with Crippen molar-refractivity contribution in [3.05, 3.63) is 16.9 Å². The summed E-state index contributed by atoms with van der Waals surface area (Å²) in [5.74, 6) is -0.906. The number of nitrogens with zero attached hydrogens (tertiary/aromatic N) is 2. The molecular weight excluding hydrogens is 236 g/mol. The average molecular weight is 249 g/mol. The van der Waals surface area contributed by atoms with Gasteiger partial charge in [0.15, 0.2) is 6.10 Å². The lowest BCUT2D eigenvalue weighted by atomic mass is 10.1. The Morgan fingerprint density at radius 1 is 1.69 bits per heavy atom. The Kier molecular flexibility index (Phi) is 4.28. The van der Waals surface area contributed by atoms with Crippen LogP contribution in [-0.4, -0.2) is 38.7 Å². The van der Waals surface area contributed by atoms with E-state index >= 15 is 0 Å².